The molecule has 0 atom stereocenters. The first-order valence-corrected chi connectivity index (χ1v) is 8.61. The maximum Gasteiger partial charge on any atom is 0.291 e. The van der Waals surface area contributed by atoms with Gasteiger partial charge in [0.1, 0.15) is 5.76 Å². The fourth-order valence-corrected chi connectivity index (χ4v) is 2.84. The lowest BCUT2D eigenvalue weighted by Gasteiger charge is -2.03. The molecule has 0 spiro atoms. The summed E-state index contributed by atoms with van der Waals surface area (Å²) in [7, 11) is 0. The lowest BCUT2D eigenvalue weighted by molar-refractivity contribution is 0.0994. The van der Waals surface area contributed by atoms with Gasteiger partial charge in [0.2, 0.25) is 0 Å². The Hall–Kier alpha value is -3.61. The molecule has 7 nitrogen and oxygen atoms in total. The molecule has 0 saturated carbocycles. The van der Waals surface area contributed by atoms with Crippen molar-refractivity contribution in [3.05, 3.63) is 89.9 Å². The predicted octanol–water partition coefficient (Wildman–Crippen LogP) is 3.33. The number of amides is 1. The van der Waals surface area contributed by atoms with Crippen LogP contribution in [-0.2, 0) is 13.1 Å². The number of carbonyl (C=O) groups is 1. The lowest BCUT2D eigenvalue weighted by Crippen LogP contribution is -2.10. The monoisotopic (exact) mass is 361 g/mol. The summed E-state index contributed by atoms with van der Waals surface area (Å²) in [5, 5.41) is 11.2. The number of hydrogen-bond donors (Lipinski definition) is 1. The summed E-state index contributed by atoms with van der Waals surface area (Å²) in [6.07, 6.45) is 6.96. The topological polar surface area (TPSA) is 77.9 Å². The minimum atomic E-state index is -0.308. The quantitative estimate of drug-likeness (QED) is 0.571. The first kappa shape index (κ1) is 16.8. The van der Waals surface area contributed by atoms with Crippen LogP contribution in [0.5, 0.6) is 0 Å². The van der Waals surface area contributed by atoms with E-state index < -0.39 is 0 Å². The van der Waals surface area contributed by atoms with Crippen molar-refractivity contribution in [3.8, 4) is 0 Å². The van der Waals surface area contributed by atoms with E-state index in [1.54, 1.807) is 40.1 Å². The Morgan fingerprint density at radius 1 is 1.11 bits per heavy atom. The molecule has 4 aromatic rings. The van der Waals surface area contributed by atoms with E-state index in [0.717, 1.165) is 5.56 Å². The van der Waals surface area contributed by atoms with Crippen LogP contribution >= 0.6 is 0 Å². The molecule has 3 aromatic heterocycles. The van der Waals surface area contributed by atoms with Crippen molar-refractivity contribution in [2.75, 3.05) is 5.32 Å². The van der Waals surface area contributed by atoms with Crippen molar-refractivity contribution in [1.82, 2.24) is 19.6 Å². The van der Waals surface area contributed by atoms with Crippen molar-refractivity contribution in [2.45, 2.75) is 20.0 Å². The molecule has 136 valence electrons. The molecule has 3 heterocycles. The maximum absolute atomic E-state index is 12.4. The van der Waals surface area contributed by atoms with Gasteiger partial charge in [-0.25, -0.2) is 0 Å². The molecule has 0 radical (unpaired) electrons. The number of carbonyl (C=O) groups excluding carboxylic acids is 1. The van der Waals surface area contributed by atoms with Crippen LogP contribution in [0.2, 0.25) is 0 Å². The van der Waals surface area contributed by atoms with E-state index in [-0.39, 0.29) is 11.7 Å². The third-order valence-electron chi connectivity index (χ3n) is 4.08. The standard InChI is InChI=1S/C20H19N5O2/c1-15-4-2-5-16(10-15)12-25-13-17(11-22-25)23-20(26)19-7-6-18(27-19)14-24-9-3-8-21-24/h2-11,13H,12,14H2,1H3,(H,23,26). The third-order valence-corrected chi connectivity index (χ3v) is 4.08. The van der Waals surface area contributed by atoms with Gasteiger partial charge in [0.15, 0.2) is 5.76 Å². The highest BCUT2D eigenvalue weighted by molar-refractivity contribution is 6.02. The van der Waals surface area contributed by atoms with Crippen LogP contribution in [0.4, 0.5) is 5.69 Å². The number of benzene rings is 1. The van der Waals surface area contributed by atoms with Crippen molar-refractivity contribution in [1.29, 1.82) is 0 Å². The summed E-state index contributed by atoms with van der Waals surface area (Å²) in [6, 6.07) is 13.5. The van der Waals surface area contributed by atoms with Gasteiger partial charge in [0, 0.05) is 18.6 Å². The molecule has 0 unspecified atom stereocenters. The minimum Gasteiger partial charge on any atom is -0.454 e. The van der Waals surface area contributed by atoms with Crippen LogP contribution in [0.15, 0.2) is 71.7 Å². The second-order valence-electron chi connectivity index (χ2n) is 6.34. The smallest absolute Gasteiger partial charge is 0.291 e. The van der Waals surface area contributed by atoms with Gasteiger partial charge in [0.25, 0.3) is 5.91 Å². The Balaban J connectivity index is 1.38. The van der Waals surface area contributed by atoms with Gasteiger partial charge in [0.05, 0.1) is 25.0 Å². The zero-order chi connectivity index (χ0) is 18.6. The summed E-state index contributed by atoms with van der Waals surface area (Å²) in [5.41, 5.74) is 2.99. The second kappa shape index (κ2) is 7.33. The van der Waals surface area contributed by atoms with Crippen LogP contribution in [0, 0.1) is 6.92 Å². The minimum absolute atomic E-state index is 0.253. The molecule has 7 heteroatoms. The number of nitrogens with one attached hydrogen (secondary N) is 1. The Kier molecular flexibility index (Phi) is 4.57. The first-order chi connectivity index (χ1) is 13.2. The van der Waals surface area contributed by atoms with Gasteiger partial charge >= 0.3 is 0 Å². The fraction of sp³-hybridized carbons (Fsp3) is 0.150. The first-order valence-electron chi connectivity index (χ1n) is 8.61. The van der Waals surface area contributed by atoms with E-state index in [1.165, 1.54) is 5.56 Å². The third kappa shape index (κ3) is 4.14. The van der Waals surface area contributed by atoms with Gasteiger partial charge in [-0.3, -0.25) is 14.2 Å². The SMILES string of the molecule is Cc1cccc(Cn2cc(NC(=O)c3ccc(Cn4cccn4)o3)cn2)c1. The van der Waals surface area contributed by atoms with E-state index in [2.05, 4.69) is 40.6 Å². The highest BCUT2D eigenvalue weighted by Crippen LogP contribution is 2.14. The molecule has 0 aliphatic heterocycles. The van der Waals surface area contributed by atoms with Gasteiger partial charge < -0.3 is 9.73 Å². The van der Waals surface area contributed by atoms with Crippen molar-refractivity contribution in [3.63, 3.8) is 0 Å². The zero-order valence-electron chi connectivity index (χ0n) is 14.9. The Morgan fingerprint density at radius 2 is 2.04 bits per heavy atom. The van der Waals surface area contributed by atoms with Gasteiger partial charge in [-0.15, -0.1) is 0 Å². The van der Waals surface area contributed by atoms with Crippen LogP contribution in [0.3, 0.4) is 0 Å². The Bertz CT molecular complexity index is 1050. The largest absolute Gasteiger partial charge is 0.454 e. The number of furan rings is 1. The molecule has 0 saturated heterocycles. The van der Waals surface area contributed by atoms with Gasteiger partial charge in [-0.1, -0.05) is 29.8 Å². The summed E-state index contributed by atoms with van der Waals surface area (Å²) in [5.74, 6) is 0.611. The number of anilines is 1. The molecule has 0 aliphatic carbocycles. The van der Waals surface area contributed by atoms with Crippen LogP contribution < -0.4 is 5.32 Å². The normalized spacial score (nSPS) is 10.9. The van der Waals surface area contributed by atoms with Gasteiger partial charge in [-0.05, 0) is 30.7 Å². The Morgan fingerprint density at radius 3 is 2.85 bits per heavy atom. The number of hydrogen-bond acceptors (Lipinski definition) is 4. The molecule has 27 heavy (non-hydrogen) atoms. The number of nitrogens with zero attached hydrogens (tertiary/aromatic N) is 4. The molecule has 0 aliphatic rings. The second-order valence-corrected chi connectivity index (χ2v) is 6.34. The number of rotatable bonds is 6. The molecule has 0 bridgehead atoms. The van der Waals surface area contributed by atoms with Crippen LogP contribution in [0.1, 0.15) is 27.4 Å². The zero-order valence-corrected chi connectivity index (χ0v) is 14.9. The average molecular weight is 361 g/mol. The maximum atomic E-state index is 12.4. The summed E-state index contributed by atoms with van der Waals surface area (Å²) < 4.78 is 9.13. The van der Waals surface area contributed by atoms with Gasteiger partial charge in [-0.2, -0.15) is 10.2 Å². The van der Waals surface area contributed by atoms with Crippen molar-refractivity contribution in [2.24, 2.45) is 0 Å². The number of aromatic nitrogens is 4. The molecular weight excluding hydrogens is 342 g/mol. The van der Waals surface area contributed by atoms with Crippen molar-refractivity contribution >= 4 is 11.6 Å². The highest BCUT2D eigenvalue weighted by atomic mass is 16.4. The van der Waals surface area contributed by atoms with E-state index in [4.69, 9.17) is 4.42 Å². The van der Waals surface area contributed by atoms with Crippen LogP contribution in [0.25, 0.3) is 0 Å². The highest BCUT2D eigenvalue weighted by Gasteiger charge is 2.13. The molecule has 1 aromatic carbocycles. The summed E-state index contributed by atoms with van der Waals surface area (Å²) >= 11 is 0. The average Bonchev–Trinajstić information content (AvgIpc) is 3.38. The summed E-state index contributed by atoms with van der Waals surface area (Å²) in [6.45, 7) is 3.18. The lowest BCUT2D eigenvalue weighted by atomic mass is 10.1. The fourth-order valence-electron chi connectivity index (χ4n) is 2.84. The van der Waals surface area contributed by atoms with Crippen molar-refractivity contribution < 1.29 is 9.21 Å². The van der Waals surface area contributed by atoms with E-state index in [9.17, 15) is 4.79 Å². The predicted molar refractivity (Wildman–Crippen MR) is 100 cm³/mol. The summed E-state index contributed by atoms with van der Waals surface area (Å²) in [4.78, 5) is 12.4. The molecule has 4 rings (SSSR count). The molecule has 1 amide bonds. The van der Waals surface area contributed by atoms with E-state index >= 15 is 0 Å². The molecule has 1 N–H and O–H groups in total. The number of aryl methyl sites for hydroxylation is 1. The Labute approximate surface area is 156 Å². The van der Waals surface area contributed by atoms with Crippen LogP contribution in [-0.4, -0.2) is 25.5 Å². The van der Waals surface area contributed by atoms with E-state index in [1.807, 2.05) is 18.3 Å². The molecular formula is C20H19N5O2. The van der Waals surface area contributed by atoms with E-state index in [0.29, 0.717) is 24.5 Å². The molecule has 0 fully saturated rings.